The van der Waals surface area contributed by atoms with Crippen molar-refractivity contribution in [1.29, 1.82) is 0 Å². The normalized spacial score (nSPS) is 22.5. The molecule has 1 fully saturated rings. The third kappa shape index (κ3) is 2.92. The zero-order valence-corrected chi connectivity index (χ0v) is 10.9. The molecule has 0 aliphatic carbocycles. The monoisotopic (exact) mass is 268 g/mol. The van der Waals surface area contributed by atoms with Gasteiger partial charge in [0.1, 0.15) is 11.6 Å². The molecule has 104 valence electrons. The minimum atomic E-state index is -0.744. The lowest BCUT2D eigenvalue weighted by atomic mass is 9.81. The van der Waals surface area contributed by atoms with Crippen molar-refractivity contribution in [2.45, 2.75) is 26.2 Å². The zero-order chi connectivity index (χ0) is 13.9. The highest BCUT2D eigenvalue weighted by Crippen LogP contribution is 2.32. The standard InChI is InChI=1S/C14H18F2N2O/c1-2-5-14(6-7-17-9-14)13(19)18-12-4-3-10(15)8-11(12)16/h3-4,8,17H,2,5-7,9H2,1H3,(H,18,19). The van der Waals surface area contributed by atoms with Crippen LogP contribution in [0.2, 0.25) is 0 Å². The molecule has 1 aliphatic rings. The number of hydrogen-bond donors (Lipinski definition) is 2. The van der Waals surface area contributed by atoms with Gasteiger partial charge >= 0.3 is 0 Å². The van der Waals surface area contributed by atoms with E-state index in [-0.39, 0.29) is 11.6 Å². The van der Waals surface area contributed by atoms with Crippen LogP contribution in [0.3, 0.4) is 0 Å². The Labute approximate surface area is 111 Å². The van der Waals surface area contributed by atoms with Crippen LogP contribution in [0.4, 0.5) is 14.5 Å². The molecular formula is C14H18F2N2O. The predicted molar refractivity (Wildman–Crippen MR) is 69.8 cm³/mol. The SMILES string of the molecule is CCCC1(C(=O)Nc2ccc(F)cc2F)CCNC1. The van der Waals surface area contributed by atoms with E-state index < -0.39 is 17.0 Å². The van der Waals surface area contributed by atoms with Gasteiger partial charge in [0.15, 0.2) is 0 Å². The van der Waals surface area contributed by atoms with Crippen molar-refractivity contribution in [2.24, 2.45) is 5.41 Å². The van der Waals surface area contributed by atoms with E-state index in [0.717, 1.165) is 37.9 Å². The van der Waals surface area contributed by atoms with E-state index in [1.807, 2.05) is 6.92 Å². The van der Waals surface area contributed by atoms with Crippen LogP contribution in [0.1, 0.15) is 26.2 Å². The number of rotatable bonds is 4. The molecule has 0 spiro atoms. The Kier molecular flexibility index (Phi) is 4.14. The summed E-state index contributed by atoms with van der Waals surface area (Å²) < 4.78 is 26.4. The molecule has 1 atom stereocenters. The summed E-state index contributed by atoms with van der Waals surface area (Å²) in [5.41, 5.74) is -0.441. The lowest BCUT2D eigenvalue weighted by molar-refractivity contribution is -0.125. The van der Waals surface area contributed by atoms with Crippen LogP contribution in [0, 0.1) is 17.0 Å². The fourth-order valence-corrected chi connectivity index (χ4v) is 2.59. The van der Waals surface area contributed by atoms with Gasteiger partial charge in [0.2, 0.25) is 5.91 Å². The van der Waals surface area contributed by atoms with E-state index in [1.165, 1.54) is 6.07 Å². The van der Waals surface area contributed by atoms with Crippen molar-refractivity contribution in [3.63, 3.8) is 0 Å². The van der Waals surface area contributed by atoms with Crippen molar-refractivity contribution in [1.82, 2.24) is 5.32 Å². The van der Waals surface area contributed by atoms with Crippen LogP contribution in [0.15, 0.2) is 18.2 Å². The molecule has 19 heavy (non-hydrogen) atoms. The Morgan fingerprint density at radius 1 is 1.47 bits per heavy atom. The minimum Gasteiger partial charge on any atom is -0.323 e. The van der Waals surface area contributed by atoms with Crippen LogP contribution >= 0.6 is 0 Å². The van der Waals surface area contributed by atoms with Crippen LogP contribution in [-0.2, 0) is 4.79 Å². The second-order valence-electron chi connectivity index (χ2n) is 5.04. The molecule has 1 aromatic carbocycles. The number of hydrogen-bond acceptors (Lipinski definition) is 2. The first-order valence-electron chi connectivity index (χ1n) is 6.54. The van der Waals surface area contributed by atoms with Gasteiger partial charge in [-0.05, 0) is 31.5 Å². The van der Waals surface area contributed by atoms with Crippen molar-refractivity contribution in [2.75, 3.05) is 18.4 Å². The number of anilines is 1. The smallest absolute Gasteiger partial charge is 0.232 e. The Morgan fingerprint density at radius 3 is 2.84 bits per heavy atom. The van der Waals surface area contributed by atoms with Crippen molar-refractivity contribution in [3.05, 3.63) is 29.8 Å². The second kappa shape index (κ2) is 5.65. The largest absolute Gasteiger partial charge is 0.323 e. The van der Waals surface area contributed by atoms with Gasteiger partial charge in [0, 0.05) is 12.6 Å². The highest BCUT2D eigenvalue weighted by molar-refractivity contribution is 5.95. The third-order valence-electron chi connectivity index (χ3n) is 3.63. The summed E-state index contributed by atoms with van der Waals surface area (Å²) in [6.45, 7) is 3.42. The highest BCUT2D eigenvalue weighted by atomic mass is 19.1. The van der Waals surface area contributed by atoms with Crippen LogP contribution < -0.4 is 10.6 Å². The fourth-order valence-electron chi connectivity index (χ4n) is 2.59. The maximum atomic E-state index is 13.5. The number of benzene rings is 1. The molecule has 1 unspecified atom stereocenters. The Balaban J connectivity index is 2.15. The maximum Gasteiger partial charge on any atom is 0.232 e. The molecular weight excluding hydrogens is 250 g/mol. The maximum absolute atomic E-state index is 13.5. The van der Waals surface area contributed by atoms with Crippen LogP contribution in [-0.4, -0.2) is 19.0 Å². The van der Waals surface area contributed by atoms with Gasteiger partial charge in [-0.3, -0.25) is 4.79 Å². The van der Waals surface area contributed by atoms with Gasteiger partial charge in [0.05, 0.1) is 11.1 Å². The molecule has 2 rings (SSSR count). The summed E-state index contributed by atoms with van der Waals surface area (Å²) in [6.07, 6.45) is 2.39. The molecule has 0 radical (unpaired) electrons. The average Bonchev–Trinajstić information content (AvgIpc) is 2.83. The molecule has 0 aromatic heterocycles. The molecule has 1 heterocycles. The van der Waals surface area contributed by atoms with Crippen LogP contribution in [0.5, 0.6) is 0 Å². The molecule has 1 amide bonds. The Bertz CT molecular complexity index is 471. The number of halogens is 2. The first-order valence-corrected chi connectivity index (χ1v) is 6.54. The fraction of sp³-hybridized carbons (Fsp3) is 0.500. The van der Waals surface area contributed by atoms with Crippen molar-refractivity contribution >= 4 is 11.6 Å². The van der Waals surface area contributed by atoms with Crippen molar-refractivity contribution in [3.8, 4) is 0 Å². The lowest BCUT2D eigenvalue weighted by Gasteiger charge is -2.26. The first kappa shape index (κ1) is 13.9. The van der Waals surface area contributed by atoms with E-state index >= 15 is 0 Å². The number of carbonyl (C=O) groups excluding carboxylic acids is 1. The van der Waals surface area contributed by atoms with Crippen LogP contribution in [0.25, 0.3) is 0 Å². The van der Waals surface area contributed by atoms with Gasteiger partial charge in [-0.25, -0.2) is 8.78 Å². The van der Waals surface area contributed by atoms with Crippen molar-refractivity contribution < 1.29 is 13.6 Å². The predicted octanol–water partition coefficient (Wildman–Crippen LogP) is 2.68. The average molecular weight is 268 g/mol. The second-order valence-corrected chi connectivity index (χ2v) is 5.04. The lowest BCUT2D eigenvalue weighted by Crippen LogP contribution is -2.38. The Morgan fingerprint density at radius 2 is 2.26 bits per heavy atom. The number of amides is 1. The van der Waals surface area contributed by atoms with E-state index in [2.05, 4.69) is 10.6 Å². The highest BCUT2D eigenvalue weighted by Gasteiger charge is 2.40. The quantitative estimate of drug-likeness (QED) is 0.881. The summed E-state index contributed by atoms with van der Waals surface area (Å²) in [5, 5.41) is 5.76. The first-order chi connectivity index (χ1) is 9.07. The third-order valence-corrected chi connectivity index (χ3v) is 3.63. The zero-order valence-electron chi connectivity index (χ0n) is 10.9. The summed E-state index contributed by atoms with van der Waals surface area (Å²) >= 11 is 0. The number of nitrogens with one attached hydrogen (secondary N) is 2. The molecule has 3 nitrogen and oxygen atoms in total. The van der Waals surface area contributed by atoms with E-state index in [4.69, 9.17) is 0 Å². The molecule has 1 saturated heterocycles. The van der Waals surface area contributed by atoms with Gasteiger partial charge in [0.25, 0.3) is 0 Å². The molecule has 1 aliphatic heterocycles. The molecule has 1 aromatic rings. The minimum absolute atomic E-state index is 0.0359. The molecule has 5 heteroatoms. The topological polar surface area (TPSA) is 41.1 Å². The van der Waals surface area contributed by atoms with Gasteiger partial charge in [-0.1, -0.05) is 13.3 Å². The molecule has 0 saturated carbocycles. The molecule has 2 N–H and O–H groups in total. The summed E-state index contributed by atoms with van der Waals surface area (Å²) in [7, 11) is 0. The Hall–Kier alpha value is -1.49. The molecule has 0 bridgehead atoms. The van der Waals surface area contributed by atoms with Gasteiger partial charge in [-0.15, -0.1) is 0 Å². The van der Waals surface area contributed by atoms with E-state index in [1.54, 1.807) is 0 Å². The van der Waals surface area contributed by atoms with E-state index in [9.17, 15) is 13.6 Å². The van der Waals surface area contributed by atoms with Gasteiger partial charge in [-0.2, -0.15) is 0 Å². The van der Waals surface area contributed by atoms with E-state index in [0.29, 0.717) is 6.54 Å². The number of carbonyl (C=O) groups is 1. The summed E-state index contributed by atoms with van der Waals surface area (Å²) in [5.74, 6) is -1.59. The summed E-state index contributed by atoms with van der Waals surface area (Å²) in [4.78, 5) is 12.4. The van der Waals surface area contributed by atoms with Gasteiger partial charge < -0.3 is 10.6 Å². The summed E-state index contributed by atoms with van der Waals surface area (Å²) in [6, 6.07) is 3.16.